The van der Waals surface area contributed by atoms with E-state index in [4.69, 9.17) is 4.42 Å². The molecule has 0 saturated carbocycles. The second kappa shape index (κ2) is 9.59. The smallest absolute Gasteiger partial charge is 0.322 e. The molecule has 0 bridgehead atoms. The summed E-state index contributed by atoms with van der Waals surface area (Å²) in [6.07, 6.45) is 0.0900. The maximum absolute atomic E-state index is 12.2. The summed E-state index contributed by atoms with van der Waals surface area (Å²) in [6.45, 7) is 0. The zero-order chi connectivity index (χ0) is 23.4. The summed E-state index contributed by atoms with van der Waals surface area (Å²) in [5, 5.41) is 10.0. The number of aromatic nitrogens is 2. The number of hydrogen-bond acceptors (Lipinski definition) is 8. The van der Waals surface area contributed by atoms with E-state index in [-0.39, 0.29) is 40.3 Å². The van der Waals surface area contributed by atoms with Gasteiger partial charge in [0.05, 0.1) is 15.5 Å². The zero-order valence-corrected chi connectivity index (χ0v) is 19.1. The third-order valence-electron chi connectivity index (χ3n) is 4.47. The first kappa shape index (κ1) is 23.6. The van der Waals surface area contributed by atoms with Gasteiger partial charge < -0.3 is 4.42 Å². The van der Waals surface area contributed by atoms with Gasteiger partial charge in [0, 0.05) is 26.1 Å². The summed E-state index contributed by atoms with van der Waals surface area (Å²) >= 11 is 0. The van der Waals surface area contributed by atoms with E-state index in [2.05, 4.69) is 15.5 Å². The van der Waals surface area contributed by atoms with Crippen LogP contribution >= 0.6 is 0 Å². The molecule has 0 radical (unpaired) electrons. The minimum Gasteiger partial charge on any atom is -0.403 e. The number of carbonyl (C=O) groups excluding carboxylic acids is 1. The lowest BCUT2D eigenvalue weighted by Gasteiger charge is -2.11. The Morgan fingerprint density at radius 1 is 0.938 bits per heavy atom. The van der Waals surface area contributed by atoms with Crippen molar-refractivity contribution in [3.63, 3.8) is 0 Å². The Balaban J connectivity index is 1.56. The first-order valence-electron chi connectivity index (χ1n) is 9.54. The molecule has 1 heterocycles. The van der Waals surface area contributed by atoms with Crippen LogP contribution in [0.25, 0.3) is 11.5 Å². The highest BCUT2D eigenvalue weighted by Crippen LogP contribution is 2.23. The molecule has 0 unspecified atom stereocenters. The molecule has 0 aliphatic rings. The van der Waals surface area contributed by atoms with Crippen molar-refractivity contribution in [2.45, 2.75) is 22.6 Å². The summed E-state index contributed by atoms with van der Waals surface area (Å²) in [6, 6.07) is 13.8. The quantitative estimate of drug-likeness (QED) is 0.494. The van der Waals surface area contributed by atoms with Crippen LogP contribution in [0, 0.1) is 0 Å². The number of amides is 1. The number of benzene rings is 2. The first-order valence-corrected chi connectivity index (χ1v) is 12.6. The molecule has 3 rings (SSSR count). The Kier molecular flexibility index (Phi) is 7.06. The van der Waals surface area contributed by atoms with Crippen LogP contribution in [0.1, 0.15) is 12.8 Å². The number of sulfonamides is 1. The highest BCUT2D eigenvalue weighted by atomic mass is 32.2. The number of anilines is 1. The number of hydrogen-bond donors (Lipinski definition) is 1. The van der Waals surface area contributed by atoms with Gasteiger partial charge in [-0.15, -0.1) is 5.10 Å². The van der Waals surface area contributed by atoms with Crippen molar-refractivity contribution < 1.29 is 26.0 Å². The van der Waals surface area contributed by atoms with Gasteiger partial charge >= 0.3 is 6.01 Å². The van der Waals surface area contributed by atoms with Crippen LogP contribution in [0.4, 0.5) is 6.01 Å². The van der Waals surface area contributed by atoms with Gasteiger partial charge in [0.25, 0.3) is 0 Å². The summed E-state index contributed by atoms with van der Waals surface area (Å²) in [4.78, 5) is 12.4. The number of carbonyl (C=O) groups is 1. The molecule has 0 atom stereocenters. The van der Waals surface area contributed by atoms with Crippen LogP contribution in [-0.4, -0.2) is 57.1 Å². The number of rotatable bonds is 9. The predicted molar refractivity (Wildman–Crippen MR) is 117 cm³/mol. The first-order chi connectivity index (χ1) is 15.1. The monoisotopic (exact) mass is 478 g/mol. The minimum atomic E-state index is -3.56. The normalized spacial score (nSPS) is 12.1. The van der Waals surface area contributed by atoms with E-state index < -0.39 is 25.8 Å². The van der Waals surface area contributed by atoms with Gasteiger partial charge in [-0.3, -0.25) is 10.1 Å². The third-order valence-corrected chi connectivity index (χ3v) is 8.12. The molecule has 12 heteroatoms. The van der Waals surface area contributed by atoms with Crippen molar-refractivity contribution in [2.24, 2.45) is 0 Å². The van der Waals surface area contributed by atoms with Gasteiger partial charge in [0.15, 0.2) is 9.84 Å². The Hall–Kier alpha value is -3.09. The van der Waals surface area contributed by atoms with Gasteiger partial charge in [-0.05, 0) is 42.8 Å². The number of nitrogens with one attached hydrogen (secondary N) is 1. The van der Waals surface area contributed by atoms with Crippen LogP contribution in [0.2, 0.25) is 0 Å². The molecule has 0 fully saturated rings. The van der Waals surface area contributed by atoms with Crippen molar-refractivity contribution in [3.05, 3.63) is 54.6 Å². The predicted octanol–water partition coefficient (Wildman–Crippen LogP) is 2.18. The molecule has 0 aliphatic heterocycles. The lowest BCUT2D eigenvalue weighted by Crippen LogP contribution is -2.22. The standard InChI is InChI=1S/C20H22N4O6S2/c1-24(2)32(28,29)17-12-10-15(11-13-17)19-22-23-20(30-19)21-18(25)9-6-14-31(26,27)16-7-4-3-5-8-16/h3-5,7-8,10-13H,6,9,14H2,1-2H3,(H,21,23,25). The third kappa shape index (κ3) is 5.58. The second-order valence-corrected chi connectivity index (χ2v) is 11.3. The van der Waals surface area contributed by atoms with E-state index in [1.807, 2.05) is 0 Å². The highest BCUT2D eigenvalue weighted by Gasteiger charge is 2.18. The summed E-state index contributed by atoms with van der Waals surface area (Å²) < 4.78 is 55.2. The number of sulfone groups is 1. The van der Waals surface area contributed by atoms with Crippen molar-refractivity contribution in [2.75, 3.05) is 25.2 Å². The Bertz CT molecular complexity index is 1290. The molecule has 3 aromatic rings. The highest BCUT2D eigenvalue weighted by molar-refractivity contribution is 7.91. The Morgan fingerprint density at radius 3 is 2.22 bits per heavy atom. The summed E-state index contributed by atoms with van der Waals surface area (Å²) in [5.41, 5.74) is 0.477. The molecule has 2 aromatic carbocycles. The molecule has 10 nitrogen and oxygen atoms in total. The van der Waals surface area contributed by atoms with Crippen LogP contribution < -0.4 is 5.32 Å². The van der Waals surface area contributed by atoms with Crippen molar-refractivity contribution in [1.82, 2.24) is 14.5 Å². The van der Waals surface area contributed by atoms with Crippen molar-refractivity contribution in [1.29, 1.82) is 0 Å². The Labute approximate surface area is 186 Å². The van der Waals surface area contributed by atoms with E-state index in [9.17, 15) is 21.6 Å². The minimum absolute atomic E-state index is 0.0408. The van der Waals surface area contributed by atoms with Crippen LogP contribution in [0.3, 0.4) is 0 Å². The largest absolute Gasteiger partial charge is 0.403 e. The fourth-order valence-electron chi connectivity index (χ4n) is 2.72. The van der Waals surface area contributed by atoms with Crippen molar-refractivity contribution in [3.8, 4) is 11.5 Å². The van der Waals surface area contributed by atoms with Gasteiger partial charge in [-0.2, -0.15) is 0 Å². The molecule has 1 N–H and O–H groups in total. The molecule has 1 amide bonds. The molecule has 1 aromatic heterocycles. The van der Waals surface area contributed by atoms with E-state index in [1.165, 1.54) is 50.5 Å². The topological polar surface area (TPSA) is 140 Å². The van der Waals surface area contributed by atoms with Gasteiger partial charge in [0.1, 0.15) is 0 Å². The number of nitrogens with zero attached hydrogens (tertiary/aromatic N) is 3. The van der Waals surface area contributed by atoms with E-state index in [0.29, 0.717) is 5.56 Å². The molecule has 32 heavy (non-hydrogen) atoms. The van der Waals surface area contributed by atoms with Gasteiger partial charge in [-0.1, -0.05) is 23.3 Å². The van der Waals surface area contributed by atoms with Crippen LogP contribution in [0.15, 0.2) is 68.8 Å². The van der Waals surface area contributed by atoms with Crippen molar-refractivity contribution >= 4 is 31.8 Å². The molecular weight excluding hydrogens is 456 g/mol. The lowest BCUT2D eigenvalue weighted by atomic mass is 10.2. The molecular formula is C20H22N4O6S2. The molecule has 0 spiro atoms. The van der Waals surface area contributed by atoms with Gasteiger partial charge in [0.2, 0.25) is 21.8 Å². The average molecular weight is 479 g/mol. The average Bonchev–Trinajstić information content (AvgIpc) is 3.22. The fraction of sp³-hybridized carbons (Fsp3) is 0.250. The zero-order valence-electron chi connectivity index (χ0n) is 17.4. The van der Waals surface area contributed by atoms with E-state index in [1.54, 1.807) is 18.2 Å². The maximum Gasteiger partial charge on any atom is 0.322 e. The van der Waals surface area contributed by atoms with Crippen LogP contribution in [-0.2, 0) is 24.7 Å². The SMILES string of the molecule is CN(C)S(=O)(=O)c1ccc(-c2nnc(NC(=O)CCCS(=O)(=O)c3ccccc3)o2)cc1. The molecule has 0 saturated heterocycles. The Morgan fingerprint density at radius 2 is 1.59 bits per heavy atom. The summed E-state index contributed by atoms with van der Waals surface area (Å²) in [7, 11) is -4.14. The van der Waals surface area contributed by atoms with Gasteiger partial charge in [-0.25, -0.2) is 21.1 Å². The van der Waals surface area contributed by atoms with E-state index in [0.717, 1.165) is 4.31 Å². The fourth-order valence-corrected chi connectivity index (χ4v) is 4.95. The second-order valence-electron chi connectivity index (χ2n) is 7.01. The summed E-state index contributed by atoms with van der Waals surface area (Å²) in [5.74, 6) is -0.529. The molecule has 0 aliphatic carbocycles. The lowest BCUT2D eigenvalue weighted by molar-refractivity contribution is -0.116. The van der Waals surface area contributed by atoms with E-state index >= 15 is 0 Å². The molecule has 170 valence electrons. The van der Waals surface area contributed by atoms with Crippen LogP contribution in [0.5, 0.6) is 0 Å². The maximum atomic E-state index is 12.2.